The highest BCUT2D eigenvalue weighted by Crippen LogP contribution is 2.36. The lowest BCUT2D eigenvalue weighted by Crippen LogP contribution is -2.68. The van der Waals surface area contributed by atoms with Crippen molar-refractivity contribution < 1.29 is 4.39 Å². The molecule has 9 heteroatoms. The van der Waals surface area contributed by atoms with E-state index >= 15 is 0 Å². The Hall–Kier alpha value is -4.99. The molecule has 8 nitrogen and oxygen atoms in total. The van der Waals surface area contributed by atoms with E-state index in [2.05, 4.69) is 31.9 Å². The number of nitriles is 1. The lowest BCUT2D eigenvalue weighted by molar-refractivity contribution is -0.00869. The summed E-state index contributed by atoms with van der Waals surface area (Å²) in [6.45, 7) is 2.49. The molecular formula is C31H27FN8. The standard InChI is InChI=1S/C31H27FN8/c1-3-21-8-20(4-6-29(21)32)16-39-26-10-27(39)19-38(18-26)30-7-5-22(14-36-30)28-9-23(24(11-33)13-35-2)17-40-31(28)25(12-34)15-37-40/h1,4-9,11,13-15,17,26-27H,10,16,18-19,33H2,2H3. The minimum atomic E-state index is -0.355. The van der Waals surface area contributed by atoms with E-state index in [0.717, 1.165) is 59.7 Å². The normalized spacial score (nSPS) is 19.0. The Bertz CT molecular complexity index is 1730. The average Bonchev–Trinajstić information content (AvgIpc) is 3.42. The molecule has 2 unspecified atom stereocenters. The van der Waals surface area contributed by atoms with Crippen molar-refractivity contribution in [2.45, 2.75) is 25.0 Å². The Morgan fingerprint density at radius 2 is 2.02 bits per heavy atom. The number of halogens is 1. The highest BCUT2D eigenvalue weighted by molar-refractivity contribution is 6.10. The third-order valence-electron chi connectivity index (χ3n) is 7.79. The van der Waals surface area contributed by atoms with Crippen LogP contribution in [0.1, 0.15) is 28.7 Å². The maximum Gasteiger partial charge on any atom is 0.138 e. The second-order valence-corrected chi connectivity index (χ2v) is 10.1. The largest absolute Gasteiger partial charge is 0.404 e. The number of benzene rings is 1. The molecule has 4 aromatic rings. The number of aromatic nitrogens is 3. The Morgan fingerprint density at radius 3 is 2.70 bits per heavy atom. The predicted octanol–water partition coefficient (Wildman–Crippen LogP) is 3.85. The molecule has 40 heavy (non-hydrogen) atoms. The summed E-state index contributed by atoms with van der Waals surface area (Å²) < 4.78 is 15.5. The number of hydrogen-bond donors (Lipinski definition) is 1. The zero-order valence-electron chi connectivity index (χ0n) is 22.0. The van der Waals surface area contributed by atoms with Crippen LogP contribution in [0.5, 0.6) is 0 Å². The van der Waals surface area contributed by atoms with Crippen molar-refractivity contribution in [3.63, 3.8) is 0 Å². The van der Waals surface area contributed by atoms with Gasteiger partial charge in [0.05, 0.1) is 22.8 Å². The minimum Gasteiger partial charge on any atom is -0.404 e. The van der Waals surface area contributed by atoms with E-state index in [4.69, 9.17) is 17.1 Å². The molecule has 6 heterocycles. The van der Waals surface area contributed by atoms with Gasteiger partial charge in [-0.2, -0.15) is 10.4 Å². The van der Waals surface area contributed by atoms with Gasteiger partial charge in [0.2, 0.25) is 0 Å². The molecule has 2 bridgehead atoms. The molecule has 7 rings (SSSR count). The van der Waals surface area contributed by atoms with Crippen LogP contribution >= 0.6 is 0 Å². The summed E-state index contributed by atoms with van der Waals surface area (Å²) in [4.78, 5) is 13.7. The summed E-state index contributed by atoms with van der Waals surface area (Å²) in [5.74, 6) is 2.99. The lowest BCUT2D eigenvalue weighted by Gasteiger charge is -2.56. The van der Waals surface area contributed by atoms with E-state index in [1.807, 2.05) is 36.7 Å². The number of allylic oxidation sites excluding steroid dienone is 1. The number of nitrogens with zero attached hydrogens (tertiary/aromatic N) is 7. The van der Waals surface area contributed by atoms with Crippen LogP contribution in [0.2, 0.25) is 0 Å². The molecule has 3 aliphatic heterocycles. The van der Waals surface area contributed by atoms with Gasteiger partial charge in [-0.05, 0) is 42.3 Å². The molecule has 0 aliphatic carbocycles. The quantitative estimate of drug-likeness (QED) is 0.300. The molecular weight excluding hydrogens is 503 g/mol. The molecule has 3 aromatic heterocycles. The third-order valence-corrected chi connectivity index (χ3v) is 7.79. The van der Waals surface area contributed by atoms with Crippen LogP contribution in [0.3, 0.4) is 0 Å². The average molecular weight is 531 g/mol. The maximum atomic E-state index is 13.8. The third kappa shape index (κ3) is 4.37. The van der Waals surface area contributed by atoms with Crippen LogP contribution in [-0.4, -0.2) is 57.9 Å². The van der Waals surface area contributed by atoms with Gasteiger partial charge < -0.3 is 10.6 Å². The zero-order valence-corrected chi connectivity index (χ0v) is 22.0. The zero-order chi connectivity index (χ0) is 27.8. The SMILES string of the molecule is C#Cc1cc(CN2C3CC2CN(c2ccc(-c4cc(C(C=NC)=CN)cn5ncc(C#N)c45)cn2)C3)ccc1F. The molecule has 0 amide bonds. The second kappa shape index (κ2) is 10.3. The summed E-state index contributed by atoms with van der Waals surface area (Å²) in [6, 6.07) is 14.1. The Kier molecular flexibility index (Phi) is 6.51. The summed E-state index contributed by atoms with van der Waals surface area (Å²) in [5.41, 5.74) is 11.7. The molecule has 0 radical (unpaired) electrons. The number of piperazine rings is 1. The highest BCUT2D eigenvalue weighted by atomic mass is 19.1. The monoisotopic (exact) mass is 530 g/mol. The highest BCUT2D eigenvalue weighted by Gasteiger charge is 2.44. The van der Waals surface area contributed by atoms with Gasteiger partial charge in [0.15, 0.2) is 0 Å². The van der Waals surface area contributed by atoms with E-state index in [9.17, 15) is 9.65 Å². The molecule has 2 N–H and O–H groups in total. The van der Waals surface area contributed by atoms with Gasteiger partial charge in [0, 0.05) is 85.8 Å². The Labute approximate surface area is 231 Å². The first-order valence-electron chi connectivity index (χ1n) is 13.0. The number of aliphatic imine (C=N–C) groups is 1. The molecule has 3 fully saturated rings. The molecule has 0 saturated carbocycles. The fraction of sp³-hybridized carbons (Fsp3) is 0.226. The van der Waals surface area contributed by atoms with E-state index in [-0.39, 0.29) is 5.82 Å². The van der Waals surface area contributed by atoms with Crippen LogP contribution in [0.25, 0.3) is 22.2 Å². The first-order chi connectivity index (χ1) is 19.5. The fourth-order valence-electron chi connectivity index (χ4n) is 5.79. The Morgan fingerprint density at radius 1 is 1.20 bits per heavy atom. The lowest BCUT2D eigenvalue weighted by atomic mass is 9.86. The molecule has 3 aliphatic rings. The second-order valence-electron chi connectivity index (χ2n) is 10.1. The minimum absolute atomic E-state index is 0.309. The van der Waals surface area contributed by atoms with Crippen molar-refractivity contribution in [2.24, 2.45) is 10.7 Å². The van der Waals surface area contributed by atoms with Crippen LogP contribution < -0.4 is 10.6 Å². The maximum absolute atomic E-state index is 13.8. The molecule has 2 atom stereocenters. The van der Waals surface area contributed by atoms with E-state index in [0.29, 0.717) is 28.7 Å². The van der Waals surface area contributed by atoms with Crippen LogP contribution in [-0.2, 0) is 6.54 Å². The number of pyridine rings is 2. The van der Waals surface area contributed by atoms with Gasteiger partial charge in [-0.25, -0.2) is 13.9 Å². The summed E-state index contributed by atoms with van der Waals surface area (Å²) in [6.07, 6.45) is 15.0. The summed E-state index contributed by atoms with van der Waals surface area (Å²) >= 11 is 0. The van der Waals surface area contributed by atoms with Gasteiger partial charge in [-0.1, -0.05) is 12.0 Å². The van der Waals surface area contributed by atoms with Crippen molar-refractivity contribution in [3.05, 3.63) is 89.3 Å². The number of piperidine rings is 1. The van der Waals surface area contributed by atoms with Crippen molar-refractivity contribution in [3.8, 4) is 29.5 Å². The van der Waals surface area contributed by atoms with Crippen molar-refractivity contribution in [2.75, 3.05) is 25.0 Å². The van der Waals surface area contributed by atoms with Crippen LogP contribution in [0.15, 0.2) is 66.2 Å². The van der Waals surface area contributed by atoms with Gasteiger partial charge >= 0.3 is 0 Å². The number of anilines is 1. The van der Waals surface area contributed by atoms with Crippen molar-refractivity contribution in [1.29, 1.82) is 5.26 Å². The number of rotatable bonds is 6. The molecule has 3 saturated heterocycles. The van der Waals surface area contributed by atoms with Gasteiger partial charge in [0.25, 0.3) is 0 Å². The number of nitrogens with two attached hydrogens (primary N) is 1. The molecule has 1 aromatic carbocycles. The van der Waals surface area contributed by atoms with Gasteiger partial charge in [-0.15, -0.1) is 6.42 Å². The number of terminal acetylenes is 1. The van der Waals surface area contributed by atoms with Crippen molar-refractivity contribution >= 4 is 23.1 Å². The first kappa shape index (κ1) is 25.3. The van der Waals surface area contributed by atoms with Gasteiger partial charge in [0.1, 0.15) is 17.7 Å². The summed E-state index contributed by atoms with van der Waals surface area (Å²) in [7, 11) is 1.69. The topological polar surface area (TPSA) is 98.8 Å². The van der Waals surface area contributed by atoms with E-state index < -0.39 is 0 Å². The smallest absolute Gasteiger partial charge is 0.138 e. The van der Waals surface area contributed by atoms with Crippen LogP contribution in [0, 0.1) is 29.5 Å². The summed E-state index contributed by atoms with van der Waals surface area (Å²) in [5, 5.41) is 14.1. The number of fused-ring (bicyclic) bond motifs is 3. The van der Waals surface area contributed by atoms with Crippen molar-refractivity contribution in [1.82, 2.24) is 19.5 Å². The van der Waals surface area contributed by atoms with E-state index in [1.54, 1.807) is 30.0 Å². The fourth-order valence-corrected chi connectivity index (χ4v) is 5.79. The van der Waals surface area contributed by atoms with Crippen LogP contribution in [0.4, 0.5) is 10.2 Å². The molecule has 0 spiro atoms. The molecule has 198 valence electrons. The number of hydrogen-bond acceptors (Lipinski definition) is 7. The Balaban J connectivity index is 1.23. The first-order valence-corrected chi connectivity index (χ1v) is 13.0. The van der Waals surface area contributed by atoms with Gasteiger partial charge in [-0.3, -0.25) is 9.89 Å². The predicted molar refractivity (Wildman–Crippen MR) is 154 cm³/mol. The van der Waals surface area contributed by atoms with E-state index in [1.165, 1.54) is 12.3 Å².